The standard InChI is InChI=1S/C17H18Cl2N2O/c1-12-5-7-13(8-6-12)11-20-10-9-16(22)21-17-14(18)3-2-4-15(17)19/h2-8,20H,9-11H2,1H3,(H,21,22). The molecule has 0 radical (unpaired) electrons. The van der Waals surface area contributed by atoms with Crippen molar-refractivity contribution in [2.24, 2.45) is 0 Å². The molecule has 0 aromatic heterocycles. The average Bonchev–Trinajstić information content (AvgIpc) is 2.49. The highest BCUT2D eigenvalue weighted by atomic mass is 35.5. The van der Waals surface area contributed by atoms with Crippen LogP contribution in [-0.4, -0.2) is 12.5 Å². The van der Waals surface area contributed by atoms with E-state index in [1.54, 1.807) is 18.2 Å². The minimum Gasteiger partial charge on any atom is -0.324 e. The third-order valence-corrected chi connectivity index (χ3v) is 3.84. The molecule has 0 spiro atoms. The molecule has 0 unspecified atom stereocenters. The van der Waals surface area contributed by atoms with Crippen molar-refractivity contribution in [1.29, 1.82) is 0 Å². The summed E-state index contributed by atoms with van der Waals surface area (Å²) < 4.78 is 0. The number of aryl methyl sites for hydroxylation is 1. The lowest BCUT2D eigenvalue weighted by Gasteiger charge is -2.09. The first-order valence-corrected chi connectivity index (χ1v) is 7.82. The van der Waals surface area contributed by atoms with Gasteiger partial charge in [-0.2, -0.15) is 0 Å². The lowest BCUT2D eigenvalue weighted by atomic mass is 10.1. The van der Waals surface area contributed by atoms with E-state index < -0.39 is 0 Å². The molecule has 1 amide bonds. The number of hydrogen-bond donors (Lipinski definition) is 2. The fourth-order valence-electron chi connectivity index (χ4n) is 1.96. The van der Waals surface area contributed by atoms with Gasteiger partial charge in [0.1, 0.15) is 0 Å². The van der Waals surface area contributed by atoms with Crippen molar-refractivity contribution in [1.82, 2.24) is 5.32 Å². The number of nitrogens with one attached hydrogen (secondary N) is 2. The van der Waals surface area contributed by atoms with Crippen LogP contribution in [-0.2, 0) is 11.3 Å². The van der Waals surface area contributed by atoms with Crippen LogP contribution in [0.15, 0.2) is 42.5 Å². The number of rotatable bonds is 6. The predicted octanol–water partition coefficient (Wildman–Crippen LogP) is 4.42. The van der Waals surface area contributed by atoms with E-state index in [0.717, 1.165) is 6.54 Å². The van der Waals surface area contributed by atoms with Gasteiger partial charge >= 0.3 is 0 Å². The monoisotopic (exact) mass is 336 g/mol. The van der Waals surface area contributed by atoms with Crippen molar-refractivity contribution in [3.05, 3.63) is 63.6 Å². The maximum Gasteiger partial charge on any atom is 0.225 e. The van der Waals surface area contributed by atoms with Crippen LogP contribution < -0.4 is 10.6 Å². The van der Waals surface area contributed by atoms with Gasteiger partial charge in [-0.05, 0) is 24.6 Å². The molecular weight excluding hydrogens is 319 g/mol. The van der Waals surface area contributed by atoms with Gasteiger partial charge in [0.15, 0.2) is 0 Å². The summed E-state index contributed by atoms with van der Waals surface area (Å²) in [4.78, 5) is 11.9. The van der Waals surface area contributed by atoms with Crippen LogP contribution in [0.4, 0.5) is 5.69 Å². The Labute approximate surface area is 140 Å². The van der Waals surface area contributed by atoms with Gasteiger partial charge in [0.05, 0.1) is 15.7 Å². The van der Waals surface area contributed by atoms with E-state index in [1.807, 2.05) is 0 Å². The Kier molecular flexibility index (Phi) is 6.25. The van der Waals surface area contributed by atoms with Crippen molar-refractivity contribution < 1.29 is 4.79 Å². The van der Waals surface area contributed by atoms with E-state index >= 15 is 0 Å². The quantitative estimate of drug-likeness (QED) is 0.766. The number of anilines is 1. The van der Waals surface area contributed by atoms with Crippen LogP contribution in [0.3, 0.4) is 0 Å². The van der Waals surface area contributed by atoms with Gasteiger partial charge in [0.2, 0.25) is 5.91 Å². The van der Waals surface area contributed by atoms with E-state index in [-0.39, 0.29) is 5.91 Å². The molecule has 5 heteroatoms. The molecule has 0 heterocycles. The number of para-hydroxylation sites is 1. The summed E-state index contributed by atoms with van der Waals surface area (Å²) in [7, 11) is 0. The molecule has 2 N–H and O–H groups in total. The SMILES string of the molecule is Cc1ccc(CNCCC(=O)Nc2c(Cl)cccc2Cl)cc1. The van der Waals surface area contributed by atoms with Gasteiger partial charge < -0.3 is 10.6 Å². The molecule has 0 saturated heterocycles. The topological polar surface area (TPSA) is 41.1 Å². The van der Waals surface area contributed by atoms with E-state index in [2.05, 4.69) is 41.8 Å². The summed E-state index contributed by atoms with van der Waals surface area (Å²) in [6, 6.07) is 13.4. The third-order valence-electron chi connectivity index (χ3n) is 3.21. The summed E-state index contributed by atoms with van der Waals surface area (Å²) >= 11 is 12.0. The Bertz CT molecular complexity index is 621. The minimum atomic E-state index is -0.119. The normalized spacial score (nSPS) is 10.5. The average molecular weight is 337 g/mol. The number of carbonyl (C=O) groups excluding carboxylic acids is 1. The molecule has 0 aliphatic heterocycles. The van der Waals surface area contributed by atoms with Crippen LogP contribution in [0.25, 0.3) is 0 Å². The van der Waals surface area contributed by atoms with Crippen molar-refractivity contribution in [3.8, 4) is 0 Å². The summed E-state index contributed by atoms with van der Waals surface area (Å²) in [5.74, 6) is -0.119. The van der Waals surface area contributed by atoms with Crippen molar-refractivity contribution in [2.45, 2.75) is 19.9 Å². The Morgan fingerprint density at radius 2 is 1.68 bits per heavy atom. The zero-order chi connectivity index (χ0) is 15.9. The Morgan fingerprint density at radius 1 is 1.05 bits per heavy atom. The molecule has 0 saturated carbocycles. The summed E-state index contributed by atoms with van der Waals surface area (Å²) in [5, 5.41) is 6.86. The summed E-state index contributed by atoms with van der Waals surface area (Å²) in [5.41, 5.74) is 2.90. The second-order valence-electron chi connectivity index (χ2n) is 5.06. The molecule has 22 heavy (non-hydrogen) atoms. The first-order valence-electron chi connectivity index (χ1n) is 7.06. The first kappa shape index (κ1) is 16.8. The van der Waals surface area contributed by atoms with Crippen LogP contribution >= 0.6 is 23.2 Å². The summed E-state index contributed by atoms with van der Waals surface area (Å²) in [6.45, 7) is 3.38. The second kappa shape index (κ2) is 8.18. The zero-order valence-corrected chi connectivity index (χ0v) is 13.8. The molecule has 0 atom stereocenters. The van der Waals surface area contributed by atoms with Crippen LogP contribution in [0, 0.1) is 6.92 Å². The largest absolute Gasteiger partial charge is 0.324 e. The third kappa shape index (κ3) is 5.02. The Balaban J connectivity index is 1.75. The minimum absolute atomic E-state index is 0.119. The molecule has 0 aliphatic carbocycles. The molecule has 2 aromatic rings. The van der Waals surface area contributed by atoms with Gasteiger partial charge in [0.25, 0.3) is 0 Å². The second-order valence-corrected chi connectivity index (χ2v) is 5.87. The molecule has 0 fully saturated rings. The predicted molar refractivity (Wildman–Crippen MR) is 92.6 cm³/mol. The van der Waals surface area contributed by atoms with Gasteiger partial charge in [-0.15, -0.1) is 0 Å². The van der Waals surface area contributed by atoms with Gasteiger partial charge in [0, 0.05) is 19.5 Å². The number of carbonyl (C=O) groups is 1. The first-order chi connectivity index (χ1) is 10.6. The van der Waals surface area contributed by atoms with Gasteiger partial charge in [-0.3, -0.25) is 4.79 Å². The number of benzene rings is 2. The van der Waals surface area contributed by atoms with Crippen LogP contribution in [0.5, 0.6) is 0 Å². The highest BCUT2D eigenvalue weighted by Crippen LogP contribution is 2.29. The molecule has 2 rings (SSSR count). The maximum absolute atomic E-state index is 11.9. The van der Waals surface area contributed by atoms with E-state index in [0.29, 0.717) is 28.7 Å². The smallest absolute Gasteiger partial charge is 0.225 e. The lowest BCUT2D eigenvalue weighted by molar-refractivity contribution is -0.116. The highest BCUT2D eigenvalue weighted by molar-refractivity contribution is 6.39. The van der Waals surface area contributed by atoms with Gasteiger partial charge in [-0.25, -0.2) is 0 Å². The number of amides is 1. The van der Waals surface area contributed by atoms with E-state index in [1.165, 1.54) is 11.1 Å². The van der Waals surface area contributed by atoms with Crippen molar-refractivity contribution in [3.63, 3.8) is 0 Å². The van der Waals surface area contributed by atoms with E-state index in [4.69, 9.17) is 23.2 Å². The fourth-order valence-corrected chi connectivity index (χ4v) is 2.45. The molecule has 3 nitrogen and oxygen atoms in total. The Morgan fingerprint density at radius 3 is 2.32 bits per heavy atom. The lowest BCUT2D eigenvalue weighted by Crippen LogP contribution is -2.21. The fraction of sp³-hybridized carbons (Fsp3) is 0.235. The Hall–Kier alpha value is -1.55. The van der Waals surface area contributed by atoms with Crippen LogP contribution in [0.2, 0.25) is 10.0 Å². The van der Waals surface area contributed by atoms with Crippen molar-refractivity contribution >= 4 is 34.8 Å². The number of hydrogen-bond acceptors (Lipinski definition) is 2. The van der Waals surface area contributed by atoms with E-state index in [9.17, 15) is 4.79 Å². The molecule has 2 aromatic carbocycles. The van der Waals surface area contributed by atoms with Crippen LogP contribution in [0.1, 0.15) is 17.5 Å². The zero-order valence-electron chi connectivity index (χ0n) is 12.3. The van der Waals surface area contributed by atoms with Gasteiger partial charge in [-0.1, -0.05) is 59.1 Å². The molecule has 0 bridgehead atoms. The summed E-state index contributed by atoms with van der Waals surface area (Å²) in [6.07, 6.45) is 0.355. The maximum atomic E-state index is 11.9. The molecular formula is C17H18Cl2N2O. The molecule has 116 valence electrons. The molecule has 0 aliphatic rings. The van der Waals surface area contributed by atoms with Crippen molar-refractivity contribution in [2.75, 3.05) is 11.9 Å². The highest BCUT2D eigenvalue weighted by Gasteiger charge is 2.09. The number of halogens is 2.